The van der Waals surface area contributed by atoms with Gasteiger partial charge in [0.1, 0.15) is 5.75 Å². The fourth-order valence-electron chi connectivity index (χ4n) is 2.41. The van der Waals surface area contributed by atoms with E-state index in [9.17, 15) is 9.59 Å². The van der Waals surface area contributed by atoms with Crippen molar-refractivity contribution in [1.29, 1.82) is 0 Å². The molecule has 0 radical (unpaired) electrons. The molecule has 2 amide bonds. The number of amides is 2. The molecule has 0 spiro atoms. The molecule has 0 aromatic heterocycles. The molecule has 7 heteroatoms. The van der Waals surface area contributed by atoms with Crippen molar-refractivity contribution in [3.63, 3.8) is 0 Å². The second-order valence-corrected chi connectivity index (χ2v) is 6.44. The van der Waals surface area contributed by atoms with Crippen LogP contribution in [0.1, 0.15) is 38.8 Å². The van der Waals surface area contributed by atoms with E-state index < -0.39 is 12.0 Å². The average molecular weight is 397 g/mol. The molecule has 1 aliphatic heterocycles. The molecular formula is C17H21BrN2O4. The molecule has 2 atom stereocenters. The summed E-state index contributed by atoms with van der Waals surface area (Å²) in [6.45, 7) is 5.47. The topological polar surface area (TPSA) is 76.7 Å². The second kappa shape index (κ2) is 7.70. The lowest BCUT2D eigenvalue weighted by atomic mass is 9.95. The fourth-order valence-corrected chi connectivity index (χ4v) is 2.96. The van der Waals surface area contributed by atoms with Crippen molar-refractivity contribution in [1.82, 2.24) is 10.6 Å². The summed E-state index contributed by atoms with van der Waals surface area (Å²) in [5.74, 6) is 0.231. The molecule has 1 aliphatic rings. The number of allylic oxidation sites excluding steroid dienone is 1. The first-order chi connectivity index (χ1) is 11.4. The molecule has 6 nitrogen and oxygen atoms in total. The maximum absolute atomic E-state index is 12.6. The van der Waals surface area contributed by atoms with Gasteiger partial charge in [0, 0.05) is 5.70 Å². The lowest BCUT2D eigenvalue weighted by molar-refractivity contribution is -0.144. The van der Waals surface area contributed by atoms with Gasteiger partial charge in [-0.3, -0.25) is 0 Å². The predicted molar refractivity (Wildman–Crippen MR) is 93.6 cm³/mol. The summed E-state index contributed by atoms with van der Waals surface area (Å²) >= 11 is 3.43. The number of esters is 1. The first-order valence-corrected chi connectivity index (χ1v) is 8.49. The van der Waals surface area contributed by atoms with E-state index >= 15 is 0 Å². The molecule has 0 saturated carbocycles. The Balaban J connectivity index is 2.41. The summed E-state index contributed by atoms with van der Waals surface area (Å²) in [7, 11) is 1.57. The molecule has 0 saturated heterocycles. The summed E-state index contributed by atoms with van der Waals surface area (Å²) in [4.78, 5) is 24.4. The van der Waals surface area contributed by atoms with E-state index in [-0.39, 0.29) is 12.1 Å². The van der Waals surface area contributed by atoms with E-state index in [1.165, 1.54) is 0 Å². The van der Waals surface area contributed by atoms with Crippen LogP contribution < -0.4 is 15.4 Å². The van der Waals surface area contributed by atoms with Crippen LogP contribution in [0.3, 0.4) is 0 Å². The lowest BCUT2D eigenvalue weighted by Gasteiger charge is -2.29. The Hall–Kier alpha value is -2.02. The van der Waals surface area contributed by atoms with Crippen LogP contribution in [0, 0.1) is 0 Å². The van der Waals surface area contributed by atoms with Gasteiger partial charge in [-0.25, -0.2) is 9.59 Å². The van der Waals surface area contributed by atoms with Gasteiger partial charge in [-0.2, -0.15) is 0 Å². The predicted octanol–water partition coefficient (Wildman–Crippen LogP) is 3.43. The third-order valence-corrected chi connectivity index (χ3v) is 4.50. The number of halogens is 1. The Morgan fingerprint density at radius 2 is 2.12 bits per heavy atom. The van der Waals surface area contributed by atoms with Crippen molar-refractivity contribution in [2.24, 2.45) is 0 Å². The van der Waals surface area contributed by atoms with Crippen LogP contribution in [-0.2, 0) is 9.53 Å². The molecule has 0 bridgehead atoms. The quantitative estimate of drug-likeness (QED) is 0.747. The van der Waals surface area contributed by atoms with Crippen LogP contribution in [0.25, 0.3) is 0 Å². The highest BCUT2D eigenvalue weighted by Crippen LogP contribution is 2.33. The number of carbonyl (C=O) groups excluding carboxylic acids is 2. The minimum absolute atomic E-state index is 0.196. The Morgan fingerprint density at radius 1 is 1.42 bits per heavy atom. The van der Waals surface area contributed by atoms with Crippen LogP contribution in [-0.4, -0.2) is 25.2 Å². The van der Waals surface area contributed by atoms with Crippen molar-refractivity contribution in [2.75, 3.05) is 7.11 Å². The highest BCUT2D eigenvalue weighted by atomic mass is 79.9. The Morgan fingerprint density at radius 3 is 2.71 bits per heavy atom. The monoisotopic (exact) mass is 396 g/mol. The summed E-state index contributed by atoms with van der Waals surface area (Å²) < 4.78 is 11.4. The normalized spacial score (nSPS) is 18.5. The van der Waals surface area contributed by atoms with Gasteiger partial charge in [-0.05, 0) is 53.9 Å². The zero-order valence-corrected chi connectivity index (χ0v) is 15.7. The molecule has 24 heavy (non-hydrogen) atoms. The SMILES string of the molecule is CCC(C)OC(=O)C1=C(C)NC(=O)NC1c1ccc(OC)c(Br)c1. The number of methoxy groups -OCH3 is 1. The Labute approximate surface area is 149 Å². The maximum Gasteiger partial charge on any atom is 0.338 e. The second-order valence-electron chi connectivity index (χ2n) is 5.59. The first kappa shape index (κ1) is 18.3. The van der Waals surface area contributed by atoms with Gasteiger partial charge in [-0.15, -0.1) is 0 Å². The summed E-state index contributed by atoms with van der Waals surface area (Å²) in [5.41, 5.74) is 1.64. The minimum atomic E-state index is -0.586. The van der Waals surface area contributed by atoms with Crippen LogP contribution in [0.5, 0.6) is 5.75 Å². The number of carbonyl (C=O) groups is 2. The maximum atomic E-state index is 12.6. The Bertz CT molecular complexity index is 687. The van der Waals surface area contributed by atoms with Gasteiger partial charge in [0.05, 0.1) is 29.3 Å². The van der Waals surface area contributed by atoms with Gasteiger partial charge < -0.3 is 20.1 Å². The average Bonchev–Trinajstić information content (AvgIpc) is 2.53. The highest BCUT2D eigenvalue weighted by molar-refractivity contribution is 9.10. The van der Waals surface area contributed by atoms with E-state index in [1.807, 2.05) is 26.0 Å². The third-order valence-electron chi connectivity index (χ3n) is 3.88. The number of urea groups is 1. The number of rotatable bonds is 5. The van der Waals surface area contributed by atoms with Crippen molar-refractivity contribution in [2.45, 2.75) is 39.3 Å². The number of nitrogens with one attached hydrogen (secondary N) is 2. The Kier molecular flexibility index (Phi) is 5.88. The molecule has 1 aromatic rings. The van der Waals surface area contributed by atoms with E-state index in [0.717, 1.165) is 16.5 Å². The summed E-state index contributed by atoms with van der Waals surface area (Å²) in [6, 6.07) is 4.46. The minimum Gasteiger partial charge on any atom is -0.496 e. The van der Waals surface area contributed by atoms with Crippen LogP contribution in [0.4, 0.5) is 4.79 Å². The third kappa shape index (κ3) is 3.90. The molecular weight excluding hydrogens is 376 g/mol. The number of hydrogen-bond acceptors (Lipinski definition) is 4. The molecule has 2 rings (SSSR count). The van der Waals surface area contributed by atoms with Crippen molar-refractivity contribution >= 4 is 27.9 Å². The fraction of sp³-hybridized carbons (Fsp3) is 0.412. The van der Waals surface area contributed by atoms with E-state index in [1.54, 1.807) is 20.1 Å². The zero-order chi connectivity index (χ0) is 17.9. The van der Waals surface area contributed by atoms with Crippen LogP contribution in [0.2, 0.25) is 0 Å². The van der Waals surface area contributed by atoms with Gasteiger partial charge in [-0.1, -0.05) is 13.0 Å². The standard InChI is InChI=1S/C17H21BrN2O4/c1-5-9(2)24-16(21)14-10(3)19-17(22)20-15(14)11-6-7-13(23-4)12(18)8-11/h6-9,15H,5H2,1-4H3,(H2,19,20,22). The van der Waals surface area contributed by atoms with Crippen molar-refractivity contribution in [3.05, 3.63) is 39.5 Å². The highest BCUT2D eigenvalue weighted by Gasteiger charge is 2.33. The number of benzene rings is 1. The first-order valence-electron chi connectivity index (χ1n) is 7.70. The molecule has 130 valence electrons. The summed E-state index contributed by atoms with van der Waals surface area (Å²) in [5, 5.41) is 5.41. The lowest BCUT2D eigenvalue weighted by Crippen LogP contribution is -2.45. The molecule has 2 N–H and O–H groups in total. The molecule has 0 fully saturated rings. The van der Waals surface area contributed by atoms with Crippen LogP contribution >= 0.6 is 15.9 Å². The van der Waals surface area contributed by atoms with E-state index in [0.29, 0.717) is 17.0 Å². The van der Waals surface area contributed by atoms with E-state index in [2.05, 4.69) is 26.6 Å². The molecule has 2 unspecified atom stereocenters. The molecule has 1 heterocycles. The van der Waals surface area contributed by atoms with Gasteiger partial charge >= 0.3 is 12.0 Å². The molecule has 1 aromatic carbocycles. The zero-order valence-electron chi connectivity index (χ0n) is 14.1. The van der Waals surface area contributed by atoms with Gasteiger partial charge in [0.2, 0.25) is 0 Å². The smallest absolute Gasteiger partial charge is 0.338 e. The van der Waals surface area contributed by atoms with Gasteiger partial charge in [0.15, 0.2) is 0 Å². The van der Waals surface area contributed by atoms with Crippen molar-refractivity contribution in [3.8, 4) is 5.75 Å². The van der Waals surface area contributed by atoms with Gasteiger partial charge in [0.25, 0.3) is 0 Å². The number of hydrogen-bond donors (Lipinski definition) is 2. The van der Waals surface area contributed by atoms with Crippen LogP contribution in [0.15, 0.2) is 33.9 Å². The summed E-state index contributed by atoms with van der Waals surface area (Å²) in [6.07, 6.45) is 0.523. The largest absolute Gasteiger partial charge is 0.496 e. The molecule has 0 aliphatic carbocycles. The number of ether oxygens (including phenoxy) is 2. The van der Waals surface area contributed by atoms with Crippen molar-refractivity contribution < 1.29 is 19.1 Å². The van der Waals surface area contributed by atoms with E-state index in [4.69, 9.17) is 9.47 Å².